The van der Waals surface area contributed by atoms with Crippen LogP contribution in [-0.4, -0.2) is 47.4 Å². The molecule has 6 heteroatoms. The van der Waals surface area contributed by atoms with Gasteiger partial charge in [0.1, 0.15) is 0 Å². The molecule has 0 aliphatic carbocycles. The Kier molecular flexibility index (Phi) is 64.9. The fourth-order valence-electron chi connectivity index (χ4n) is 11.2. The van der Waals surface area contributed by atoms with Gasteiger partial charge in [-0.3, -0.25) is 9.59 Å². The number of hydrogen-bond donors (Lipinski definition) is 3. The van der Waals surface area contributed by atoms with Gasteiger partial charge in [0.2, 0.25) is 5.91 Å². The lowest BCUT2D eigenvalue weighted by atomic mass is 10.0. The normalized spacial score (nSPS) is 12.5. The molecule has 0 aliphatic rings. The zero-order valence-corrected chi connectivity index (χ0v) is 51.8. The molecule has 0 spiro atoms. The first-order valence-corrected chi connectivity index (χ1v) is 34.9. The first kappa shape index (κ1) is 74.6. The molecule has 0 aromatic heterocycles. The molecule has 76 heavy (non-hydrogen) atoms. The van der Waals surface area contributed by atoms with Crippen LogP contribution < -0.4 is 5.32 Å². The molecule has 2 unspecified atom stereocenters. The number of esters is 1. The van der Waals surface area contributed by atoms with Crippen LogP contribution >= 0.6 is 0 Å². The Bertz CT molecular complexity index is 1140. The van der Waals surface area contributed by atoms with Crippen molar-refractivity contribution in [2.75, 3.05) is 13.2 Å². The fraction of sp³-hybridized carbons (Fsp3) is 0.943. The smallest absolute Gasteiger partial charge is 0.305 e. The summed E-state index contributed by atoms with van der Waals surface area (Å²) < 4.78 is 5.51. The number of allylic oxidation sites excluding steroid dienone is 2. The molecule has 0 aromatic carbocycles. The van der Waals surface area contributed by atoms with Crippen LogP contribution in [0.1, 0.15) is 399 Å². The van der Waals surface area contributed by atoms with Crippen molar-refractivity contribution in [1.82, 2.24) is 5.32 Å². The van der Waals surface area contributed by atoms with Gasteiger partial charge in [-0.2, -0.15) is 0 Å². The summed E-state index contributed by atoms with van der Waals surface area (Å²) >= 11 is 0. The molecule has 0 rings (SSSR count). The number of unbranched alkanes of at least 4 members (excludes halogenated alkanes) is 53. The minimum atomic E-state index is -0.659. The third-order valence-electron chi connectivity index (χ3n) is 16.6. The summed E-state index contributed by atoms with van der Waals surface area (Å²) in [4.78, 5) is 24.5. The number of amides is 1. The van der Waals surface area contributed by atoms with Gasteiger partial charge in [-0.15, -0.1) is 0 Å². The monoisotopic (exact) mass is 1070 g/mol. The van der Waals surface area contributed by atoms with E-state index in [2.05, 4.69) is 31.3 Å². The van der Waals surface area contributed by atoms with Crippen LogP contribution in [0.25, 0.3) is 0 Å². The number of nitrogens with one attached hydrogen (secondary N) is 1. The molecule has 0 fully saturated rings. The van der Waals surface area contributed by atoms with E-state index in [4.69, 9.17) is 4.74 Å². The Morgan fingerprint density at radius 3 is 0.934 bits per heavy atom. The summed E-state index contributed by atoms with van der Waals surface area (Å²) in [5, 5.41) is 23.1. The second-order valence-corrected chi connectivity index (χ2v) is 24.2. The van der Waals surface area contributed by atoms with E-state index in [1.165, 1.54) is 327 Å². The second-order valence-electron chi connectivity index (χ2n) is 24.2. The Morgan fingerprint density at radius 2 is 0.618 bits per heavy atom. The summed E-state index contributed by atoms with van der Waals surface area (Å²) in [6, 6.07) is -0.536. The average Bonchev–Trinajstić information content (AvgIpc) is 3.42. The van der Waals surface area contributed by atoms with Gasteiger partial charge in [0.25, 0.3) is 0 Å². The average molecular weight is 1070 g/mol. The highest BCUT2D eigenvalue weighted by Crippen LogP contribution is 2.19. The number of carbonyl (C=O) groups is 2. The molecule has 0 heterocycles. The third kappa shape index (κ3) is 61.8. The molecule has 0 aromatic rings. The van der Waals surface area contributed by atoms with Gasteiger partial charge in [0.15, 0.2) is 0 Å². The van der Waals surface area contributed by atoms with E-state index in [-0.39, 0.29) is 18.5 Å². The Morgan fingerprint density at radius 1 is 0.355 bits per heavy atom. The van der Waals surface area contributed by atoms with Gasteiger partial charge in [-0.25, -0.2) is 0 Å². The molecule has 0 bridgehead atoms. The Labute approximate surface area is 476 Å². The highest BCUT2D eigenvalue weighted by molar-refractivity contribution is 5.76. The molecule has 452 valence electrons. The largest absolute Gasteiger partial charge is 0.466 e. The topological polar surface area (TPSA) is 95.9 Å². The third-order valence-corrected chi connectivity index (χ3v) is 16.6. The van der Waals surface area contributed by atoms with Crippen molar-refractivity contribution in [3.8, 4) is 0 Å². The maximum absolute atomic E-state index is 12.4. The van der Waals surface area contributed by atoms with Crippen molar-refractivity contribution in [1.29, 1.82) is 0 Å². The molecule has 6 nitrogen and oxygen atoms in total. The van der Waals surface area contributed by atoms with E-state index >= 15 is 0 Å². The van der Waals surface area contributed by atoms with Crippen LogP contribution in [0, 0.1) is 0 Å². The predicted octanol–water partition coefficient (Wildman–Crippen LogP) is 22.4. The van der Waals surface area contributed by atoms with Gasteiger partial charge in [-0.1, -0.05) is 347 Å². The predicted molar refractivity (Wildman–Crippen MR) is 333 cm³/mol. The van der Waals surface area contributed by atoms with Gasteiger partial charge in [0, 0.05) is 12.8 Å². The van der Waals surface area contributed by atoms with E-state index in [1.807, 2.05) is 0 Å². The maximum atomic E-state index is 12.4. The summed E-state index contributed by atoms with van der Waals surface area (Å²) in [5.74, 6) is -0.00939. The fourth-order valence-corrected chi connectivity index (χ4v) is 11.2. The van der Waals surface area contributed by atoms with Crippen molar-refractivity contribution < 1.29 is 24.5 Å². The number of hydrogen-bond acceptors (Lipinski definition) is 5. The first-order valence-electron chi connectivity index (χ1n) is 34.9. The van der Waals surface area contributed by atoms with Crippen LogP contribution in [-0.2, 0) is 14.3 Å². The van der Waals surface area contributed by atoms with E-state index < -0.39 is 12.1 Å². The summed E-state index contributed by atoms with van der Waals surface area (Å²) in [5.41, 5.74) is 0. The number of rotatable bonds is 66. The lowest BCUT2D eigenvalue weighted by Crippen LogP contribution is -2.45. The van der Waals surface area contributed by atoms with E-state index in [0.29, 0.717) is 25.9 Å². The van der Waals surface area contributed by atoms with Crippen LogP contribution in [0.4, 0.5) is 0 Å². The van der Waals surface area contributed by atoms with Crippen LogP contribution in [0.15, 0.2) is 12.2 Å². The molecular weight excluding hydrogens is 935 g/mol. The van der Waals surface area contributed by atoms with Crippen molar-refractivity contribution >= 4 is 11.9 Å². The van der Waals surface area contributed by atoms with Crippen LogP contribution in [0.3, 0.4) is 0 Å². The molecule has 0 radical (unpaired) electrons. The molecule has 2 atom stereocenters. The lowest BCUT2D eigenvalue weighted by Gasteiger charge is -2.22. The Balaban J connectivity index is 3.30. The van der Waals surface area contributed by atoms with Crippen molar-refractivity contribution in [3.05, 3.63) is 12.2 Å². The van der Waals surface area contributed by atoms with E-state index in [9.17, 15) is 19.8 Å². The van der Waals surface area contributed by atoms with Gasteiger partial charge >= 0.3 is 5.97 Å². The molecule has 0 saturated heterocycles. The first-order chi connectivity index (χ1) is 37.5. The van der Waals surface area contributed by atoms with E-state index in [0.717, 1.165) is 38.5 Å². The van der Waals surface area contributed by atoms with Crippen molar-refractivity contribution in [3.63, 3.8) is 0 Å². The molecule has 1 amide bonds. The van der Waals surface area contributed by atoms with Crippen LogP contribution in [0.2, 0.25) is 0 Å². The lowest BCUT2D eigenvalue weighted by molar-refractivity contribution is -0.143. The number of ether oxygens (including phenoxy) is 1. The van der Waals surface area contributed by atoms with Crippen LogP contribution in [0.5, 0.6) is 0 Å². The van der Waals surface area contributed by atoms with Crippen molar-refractivity contribution in [2.45, 2.75) is 411 Å². The highest BCUT2D eigenvalue weighted by atomic mass is 16.5. The zero-order valence-electron chi connectivity index (χ0n) is 51.8. The number of aliphatic hydroxyl groups is 2. The summed E-state index contributed by atoms with van der Waals surface area (Å²) in [7, 11) is 0. The number of carbonyl (C=O) groups excluding carboxylic acids is 2. The molecule has 0 saturated carbocycles. The Hall–Kier alpha value is -1.40. The quantitative estimate of drug-likeness (QED) is 0.0320. The van der Waals surface area contributed by atoms with E-state index in [1.54, 1.807) is 0 Å². The SMILES string of the molecule is CCCCCCCCCCCCCCCCCCCCC(=O)OCCCCCCCCCCCCCC/C=C\CCCCCCCCCCCCCCCCCCC(=O)NC(CO)C(O)CCCCCCCCCCC. The summed E-state index contributed by atoms with van der Waals surface area (Å²) in [6.45, 7) is 4.97. The molecule has 0 aliphatic heterocycles. The van der Waals surface area contributed by atoms with Gasteiger partial charge < -0.3 is 20.3 Å². The minimum Gasteiger partial charge on any atom is -0.466 e. The molecular formula is C70H137NO5. The standard InChI is InChI=1S/C70H137NO5/c1-3-5-7-9-11-13-14-15-16-17-35-38-41-44-48-52-56-60-64-70(75)76-65-61-57-53-49-45-42-39-36-33-31-29-27-25-23-21-19-18-20-22-24-26-28-30-32-34-37-40-43-47-51-55-59-63-69(74)71-67(66-72)68(73)62-58-54-50-46-12-10-8-6-4-2/h21,23,67-68,72-73H,3-20,22,24-66H2,1-2H3,(H,71,74)/b23-21-. The number of aliphatic hydroxyl groups excluding tert-OH is 2. The van der Waals surface area contributed by atoms with Gasteiger partial charge in [0.05, 0.1) is 25.4 Å². The second kappa shape index (κ2) is 66.1. The highest BCUT2D eigenvalue weighted by Gasteiger charge is 2.20. The zero-order chi connectivity index (χ0) is 55.0. The summed E-state index contributed by atoms with van der Waals surface area (Å²) in [6.07, 6.45) is 81.4. The van der Waals surface area contributed by atoms with Gasteiger partial charge in [-0.05, 0) is 51.4 Å². The van der Waals surface area contributed by atoms with Crippen molar-refractivity contribution in [2.24, 2.45) is 0 Å². The minimum absolute atomic E-state index is 0.0234. The molecule has 3 N–H and O–H groups in total. The maximum Gasteiger partial charge on any atom is 0.305 e.